The van der Waals surface area contributed by atoms with Gasteiger partial charge in [-0.2, -0.15) is 0 Å². The number of esters is 2. The number of nitrogens with one attached hydrogen (secondary N) is 3. The standard InChI is InChI=1S/C23H22Cl2FN3O3.C14H7Cl2FN2O.C5H8O.C4H9NO2/c1-2-32-20(30)18-16(13-7-10-27-19(25)17(13)26)23(22(29-18)8-3-4-9-22)14-6-5-12(24)11-15(14)28-21(23)31;15-8-1-2-9-10(14(20)19-11(9)6-8)5-7-3-4-18-13(16)12(7)17;6-5-3-1-2-4-5;1-2-7-4(6)3-5/h5-7,10-11,16,18,29H,2-4,8-9H2,1H3,(H,28,31);1-6H,(H,19,20);1-4H2;2-3,5H2,1H3/t16-,18+,23+;;;/m0.../s1. The Hall–Kier alpha value is -5.03. The lowest BCUT2D eigenvalue weighted by molar-refractivity contribution is -0.146. The molecule has 0 bridgehead atoms. The van der Waals surface area contributed by atoms with Gasteiger partial charge < -0.3 is 25.8 Å². The van der Waals surface area contributed by atoms with Gasteiger partial charge in [0.1, 0.15) is 17.2 Å². The van der Waals surface area contributed by atoms with E-state index in [1.165, 1.54) is 30.6 Å². The Morgan fingerprint density at radius 1 is 0.815 bits per heavy atom. The number of rotatable bonds is 6. The van der Waals surface area contributed by atoms with Crippen LogP contribution in [0.4, 0.5) is 20.2 Å². The molecule has 0 radical (unpaired) electrons. The maximum Gasteiger partial charge on any atom is 0.323 e. The minimum atomic E-state index is -1.24. The van der Waals surface area contributed by atoms with E-state index in [1.807, 2.05) is 0 Å². The van der Waals surface area contributed by atoms with Crippen molar-refractivity contribution >= 4 is 99.0 Å². The highest BCUT2D eigenvalue weighted by Crippen LogP contribution is 2.63. The van der Waals surface area contributed by atoms with Crippen LogP contribution in [0.1, 0.15) is 93.4 Å². The number of pyridine rings is 2. The first kappa shape index (κ1) is 49.4. The summed E-state index contributed by atoms with van der Waals surface area (Å²) in [6.07, 6.45) is 11.3. The van der Waals surface area contributed by atoms with Gasteiger partial charge in [-0.05, 0) is 93.1 Å². The lowest BCUT2D eigenvalue weighted by atomic mass is 9.58. The lowest BCUT2D eigenvalue weighted by Crippen LogP contribution is -2.57. The number of nitrogens with zero attached hydrogens (tertiary/aromatic N) is 2. The molecule has 65 heavy (non-hydrogen) atoms. The molecule has 3 fully saturated rings. The fourth-order valence-corrected chi connectivity index (χ4v) is 9.84. The number of ether oxygens (including phenoxy) is 2. The molecule has 2 spiro atoms. The zero-order valence-corrected chi connectivity index (χ0v) is 38.4. The Labute approximate surface area is 394 Å². The van der Waals surface area contributed by atoms with Gasteiger partial charge in [0.05, 0.1) is 25.4 Å². The summed E-state index contributed by atoms with van der Waals surface area (Å²) in [7, 11) is 0. The van der Waals surface area contributed by atoms with Gasteiger partial charge in [0.15, 0.2) is 21.9 Å². The summed E-state index contributed by atoms with van der Waals surface area (Å²) in [6.45, 7) is 4.02. The van der Waals surface area contributed by atoms with Gasteiger partial charge in [-0.1, -0.05) is 71.4 Å². The van der Waals surface area contributed by atoms with Crippen LogP contribution in [0, 0.1) is 11.6 Å². The van der Waals surface area contributed by atoms with Crippen molar-refractivity contribution in [3.63, 3.8) is 0 Å². The van der Waals surface area contributed by atoms with Gasteiger partial charge in [0, 0.05) is 69.1 Å². The molecule has 3 aliphatic heterocycles. The number of hydrogen-bond donors (Lipinski definition) is 4. The Kier molecular flexibility index (Phi) is 16.4. The van der Waals surface area contributed by atoms with E-state index in [0.29, 0.717) is 63.4 Å². The van der Waals surface area contributed by atoms with E-state index >= 15 is 4.39 Å². The number of ketones is 1. The van der Waals surface area contributed by atoms with Crippen LogP contribution >= 0.6 is 46.4 Å². The molecule has 4 aromatic rings. The molecular formula is C46H46Cl4F2N6O7. The first-order valence-electron chi connectivity index (χ1n) is 21.0. The number of benzene rings is 2. The maximum absolute atomic E-state index is 15.4. The molecule has 5 heterocycles. The number of hydrogen-bond acceptors (Lipinski definition) is 11. The van der Waals surface area contributed by atoms with Crippen LogP contribution in [-0.2, 0) is 38.9 Å². The van der Waals surface area contributed by atoms with Crippen LogP contribution in [0.25, 0.3) is 11.6 Å². The number of carbonyl (C=O) groups excluding carboxylic acids is 5. The summed E-state index contributed by atoms with van der Waals surface area (Å²) < 4.78 is 39.1. The molecule has 2 aliphatic carbocycles. The largest absolute Gasteiger partial charge is 0.465 e. The molecule has 2 aromatic carbocycles. The molecule has 2 amide bonds. The fourth-order valence-electron chi connectivity index (χ4n) is 9.16. The van der Waals surface area contributed by atoms with Crippen molar-refractivity contribution < 1.29 is 42.2 Å². The normalized spacial score (nSPS) is 21.3. The van der Waals surface area contributed by atoms with Crippen LogP contribution in [0.15, 0.2) is 60.9 Å². The predicted octanol–water partition coefficient (Wildman–Crippen LogP) is 9.01. The molecule has 344 valence electrons. The van der Waals surface area contributed by atoms with Crippen molar-refractivity contribution in [2.75, 3.05) is 30.4 Å². The Balaban J connectivity index is 0.000000178. The highest BCUT2D eigenvalue weighted by molar-refractivity contribution is 6.37. The van der Waals surface area contributed by atoms with Gasteiger partial charge >= 0.3 is 11.9 Å². The van der Waals surface area contributed by atoms with Crippen molar-refractivity contribution in [2.24, 2.45) is 5.73 Å². The smallest absolute Gasteiger partial charge is 0.323 e. The summed E-state index contributed by atoms with van der Waals surface area (Å²) in [5.41, 5.74) is 6.17. The van der Waals surface area contributed by atoms with E-state index in [-0.39, 0.29) is 52.4 Å². The van der Waals surface area contributed by atoms with Crippen LogP contribution < -0.4 is 21.7 Å². The average Bonchev–Trinajstić information content (AvgIpc) is 4.12. The van der Waals surface area contributed by atoms with Crippen LogP contribution in [0.3, 0.4) is 0 Å². The highest BCUT2D eigenvalue weighted by atomic mass is 35.5. The molecule has 13 nitrogen and oxygen atoms in total. The minimum absolute atomic E-state index is 0.0200. The summed E-state index contributed by atoms with van der Waals surface area (Å²) in [4.78, 5) is 66.8. The molecule has 2 saturated carbocycles. The van der Waals surface area contributed by atoms with Crippen LogP contribution in [-0.4, -0.2) is 70.8 Å². The number of carbonyl (C=O) groups is 5. The zero-order valence-electron chi connectivity index (χ0n) is 35.4. The minimum Gasteiger partial charge on any atom is -0.465 e. The first-order chi connectivity index (χ1) is 31.1. The number of Topliss-reactive ketones (excluding diaryl/α,β-unsaturated/α-hetero) is 1. The number of nitrogens with two attached hydrogens (primary N) is 1. The van der Waals surface area contributed by atoms with Crippen molar-refractivity contribution in [1.82, 2.24) is 15.3 Å². The SMILES string of the molecule is CCOC(=O)CN.CCOC(=O)[C@@H]1NC2(CCCC2)[C@@]2(C(=O)Nc3cc(Cl)ccc32)[C@H]1c1ccnc(Cl)c1F.O=C1CCCC1.O=C1Nc2cc(Cl)ccc2C1=Cc1ccnc(Cl)c1F. The Morgan fingerprint density at radius 3 is 2.03 bits per heavy atom. The van der Waals surface area contributed by atoms with Crippen molar-refractivity contribution in [3.05, 3.63) is 115 Å². The number of aromatic nitrogens is 2. The maximum atomic E-state index is 15.4. The Bertz CT molecular complexity index is 2520. The zero-order chi connectivity index (χ0) is 47.1. The fraction of sp³-hybridized carbons (Fsp3) is 0.370. The molecule has 5 aliphatic rings. The van der Waals surface area contributed by atoms with Gasteiger partial charge in [-0.3, -0.25) is 29.3 Å². The highest BCUT2D eigenvalue weighted by Gasteiger charge is 2.73. The summed E-state index contributed by atoms with van der Waals surface area (Å²) in [5.74, 6) is -3.29. The second-order valence-electron chi connectivity index (χ2n) is 15.6. The van der Waals surface area contributed by atoms with E-state index in [2.05, 4.69) is 30.7 Å². The van der Waals surface area contributed by atoms with E-state index < -0.39 is 40.5 Å². The summed E-state index contributed by atoms with van der Waals surface area (Å²) in [6, 6.07) is 12.3. The molecule has 5 N–H and O–H groups in total. The van der Waals surface area contributed by atoms with Gasteiger partial charge in [-0.15, -0.1) is 0 Å². The average molecular weight is 975 g/mol. The van der Waals surface area contributed by atoms with E-state index in [9.17, 15) is 28.4 Å². The predicted molar refractivity (Wildman–Crippen MR) is 245 cm³/mol. The van der Waals surface area contributed by atoms with E-state index in [1.54, 1.807) is 50.2 Å². The molecule has 0 unspecified atom stereocenters. The van der Waals surface area contributed by atoms with Gasteiger partial charge in [-0.25, -0.2) is 18.7 Å². The number of halogens is 6. The third-order valence-corrected chi connectivity index (χ3v) is 12.8. The molecular weight excluding hydrogens is 928 g/mol. The quantitative estimate of drug-likeness (QED) is 0.0819. The molecule has 1 saturated heterocycles. The van der Waals surface area contributed by atoms with Gasteiger partial charge in [0.2, 0.25) is 5.91 Å². The molecule has 19 heteroatoms. The summed E-state index contributed by atoms with van der Waals surface area (Å²) in [5, 5.41) is 9.57. The van der Waals surface area contributed by atoms with Gasteiger partial charge in [0.25, 0.3) is 5.91 Å². The third-order valence-electron chi connectivity index (χ3n) is 11.8. The molecule has 9 rings (SSSR count). The first-order valence-corrected chi connectivity index (χ1v) is 22.5. The lowest BCUT2D eigenvalue weighted by Gasteiger charge is -2.42. The molecule has 3 atom stereocenters. The van der Waals surface area contributed by atoms with Crippen molar-refractivity contribution in [2.45, 2.75) is 88.1 Å². The van der Waals surface area contributed by atoms with Crippen molar-refractivity contribution in [3.8, 4) is 0 Å². The van der Waals surface area contributed by atoms with Crippen LogP contribution in [0.5, 0.6) is 0 Å². The number of amides is 2. The van der Waals surface area contributed by atoms with E-state index in [4.69, 9.17) is 56.9 Å². The molecule has 2 aromatic heterocycles. The Morgan fingerprint density at radius 2 is 1.43 bits per heavy atom. The summed E-state index contributed by atoms with van der Waals surface area (Å²) >= 11 is 23.7. The number of anilines is 2. The second-order valence-corrected chi connectivity index (χ2v) is 17.1. The topological polar surface area (TPSA) is 192 Å². The third kappa shape index (κ3) is 10.2. The monoisotopic (exact) mass is 972 g/mol. The van der Waals surface area contributed by atoms with Crippen LogP contribution in [0.2, 0.25) is 20.4 Å². The number of fused-ring (bicyclic) bond motifs is 4. The second kappa shape index (κ2) is 21.5. The van der Waals surface area contributed by atoms with E-state index in [0.717, 1.165) is 38.5 Å². The van der Waals surface area contributed by atoms with Crippen molar-refractivity contribution in [1.29, 1.82) is 0 Å².